The lowest BCUT2D eigenvalue weighted by molar-refractivity contribution is 0.0928. The normalized spacial score (nSPS) is 26.0. The van der Waals surface area contributed by atoms with E-state index in [1.54, 1.807) is 0 Å². The van der Waals surface area contributed by atoms with Crippen LogP contribution in [0.4, 0.5) is 8.78 Å². The Balaban J connectivity index is 1.38. The first kappa shape index (κ1) is 18.5. The molecule has 0 aromatic heterocycles. The molecule has 0 aliphatic heterocycles. The molecule has 0 amide bonds. The molecule has 0 spiro atoms. The summed E-state index contributed by atoms with van der Waals surface area (Å²) in [5.74, 6) is 0.00666. The molecule has 0 radical (unpaired) electrons. The fraction of sp³-hybridized carbons (Fsp3) is 0.682. The van der Waals surface area contributed by atoms with Crippen LogP contribution in [0.3, 0.4) is 0 Å². The number of hydrogen-bond acceptors (Lipinski definition) is 1. The first-order valence-corrected chi connectivity index (χ1v) is 10.1. The molecule has 0 heterocycles. The molecule has 1 fully saturated rings. The molecule has 3 rings (SSSR count). The van der Waals surface area contributed by atoms with E-state index < -0.39 is 11.6 Å². The maximum Gasteiger partial charge on any atom is 0.166 e. The van der Waals surface area contributed by atoms with Crippen LogP contribution in [0, 0.1) is 29.4 Å². The standard InChI is InChI=1S/C22H30F2O/c1-2-5-15-8-10-16(11-9-15)6-3-4-7-17-12-18-13-20(23)21(24)14-19(18)22(17)25/h13-17H,2-12H2,1H3. The van der Waals surface area contributed by atoms with Gasteiger partial charge in [0.25, 0.3) is 0 Å². The third-order valence-electron chi connectivity index (χ3n) is 6.33. The zero-order chi connectivity index (χ0) is 17.8. The van der Waals surface area contributed by atoms with Crippen molar-refractivity contribution in [2.24, 2.45) is 17.8 Å². The molecule has 0 bridgehead atoms. The molecule has 1 saturated carbocycles. The number of fused-ring (bicyclic) bond motifs is 1. The SMILES string of the molecule is CCCC1CCC(CCCCC2Cc3cc(F)c(F)cc3C2=O)CC1. The average Bonchev–Trinajstić information content (AvgIpc) is 2.89. The van der Waals surface area contributed by atoms with Gasteiger partial charge in [0.1, 0.15) is 0 Å². The molecule has 138 valence electrons. The molecule has 2 aliphatic carbocycles. The summed E-state index contributed by atoms with van der Waals surface area (Å²) in [6.07, 6.45) is 13.1. The molecular weight excluding hydrogens is 318 g/mol. The van der Waals surface area contributed by atoms with Crippen LogP contribution in [0.5, 0.6) is 0 Å². The van der Waals surface area contributed by atoms with Crippen molar-refractivity contribution in [1.82, 2.24) is 0 Å². The first-order chi connectivity index (χ1) is 12.1. The molecule has 0 saturated heterocycles. The topological polar surface area (TPSA) is 17.1 Å². The molecule has 1 unspecified atom stereocenters. The largest absolute Gasteiger partial charge is 0.294 e. The van der Waals surface area contributed by atoms with Gasteiger partial charge in [-0.05, 0) is 42.4 Å². The highest BCUT2D eigenvalue weighted by molar-refractivity contribution is 6.02. The Morgan fingerprint density at radius 1 is 0.920 bits per heavy atom. The number of unbranched alkanes of at least 4 members (excludes halogenated alkanes) is 1. The second-order valence-electron chi connectivity index (χ2n) is 8.15. The Bertz CT molecular complexity index is 602. The van der Waals surface area contributed by atoms with E-state index in [2.05, 4.69) is 6.92 Å². The van der Waals surface area contributed by atoms with E-state index in [9.17, 15) is 13.6 Å². The van der Waals surface area contributed by atoms with Crippen molar-refractivity contribution >= 4 is 5.78 Å². The van der Waals surface area contributed by atoms with Crippen molar-refractivity contribution in [2.75, 3.05) is 0 Å². The molecule has 1 atom stereocenters. The van der Waals surface area contributed by atoms with Crippen molar-refractivity contribution < 1.29 is 13.6 Å². The Morgan fingerprint density at radius 2 is 1.52 bits per heavy atom. The molecule has 0 N–H and O–H groups in total. The molecule has 2 aliphatic rings. The van der Waals surface area contributed by atoms with Crippen molar-refractivity contribution in [2.45, 2.75) is 77.6 Å². The van der Waals surface area contributed by atoms with E-state index in [1.807, 2.05) is 0 Å². The van der Waals surface area contributed by atoms with Crippen LogP contribution >= 0.6 is 0 Å². The quantitative estimate of drug-likeness (QED) is 0.515. The molecule has 1 aromatic carbocycles. The highest BCUT2D eigenvalue weighted by Gasteiger charge is 2.31. The second kappa shape index (κ2) is 8.42. The highest BCUT2D eigenvalue weighted by atomic mass is 19.2. The smallest absolute Gasteiger partial charge is 0.166 e. The van der Waals surface area contributed by atoms with Gasteiger partial charge in [0.2, 0.25) is 0 Å². The van der Waals surface area contributed by atoms with Gasteiger partial charge in [0, 0.05) is 11.5 Å². The van der Waals surface area contributed by atoms with Crippen LogP contribution in [-0.2, 0) is 6.42 Å². The number of benzene rings is 1. The van der Waals surface area contributed by atoms with E-state index >= 15 is 0 Å². The summed E-state index contributed by atoms with van der Waals surface area (Å²) in [6.45, 7) is 2.28. The van der Waals surface area contributed by atoms with Gasteiger partial charge in [-0.2, -0.15) is 0 Å². The van der Waals surface area contributed by atoms with E-state index in [1.165, 1.54) is 57.4 Å². The molecule has 1 nitrogen and oxygen atoms in total. The van der Waals surface area contributed by atoms with Gasteiger partial charge in [-0.3, -0.25) is 4.79 Å². The van der Waals surface area contributed by atoms with Gasteiger partial charge in [-0.25, -0.2) is 8.78 Å². The number of halogens is 2. The minimum atomic E-state index is -0.911. The predicted octanol–water partition coefficient (Wildman–Crippen LogP) is 6.49. The third kappa shape index (κ3) is 4.48. The summed E-state index contributed by atoms with van der Waals surface area (Å²) in [5, 5.41) is 0. The zero-order valence-electron chi connectivity index (χ0n) is 15.3. The zero-order valence-corrected chi connectivity index (χ0v) is 15.3. The summed E-state index contributed by atoms with van der Waals surface area (Å²) >= 11 is 0. The number of carbonyl (C=O) groups excluding carboxylic acids is 1. The third-order valence-corrected chi connectivity index (χ3v) is 6.33. The van der Waals surface area contributed by atoms with Crippen LogP contribution in [0.2, 0.25) is 0 Å². The summed E-state index contributed by atoms with van der Waals surface area (Å²) in [6, 6.07) is 2.29. The Labute approximate surface area is 150 Å². The Kier molecular flexibility index (Phi) is 6.24. The number of hydrogen-bond donors (Lipinski definition) is 0. The van der Waals surface area contributed by atoms with Gasteiger partial charge < -0.3 is 0 Å². The van der Waals surface area contributed by atoms with E-state index in [0.29, 0.717) is 17.5 Å². The maximum atomic E-state index is 13.3. The van der Waals surface area contributed by atoms with Crippen LogP contribution in [-0.4, -0.2) is 5.78 Å². The van der Waals surface area contributed by atoms with E-state index in [4.69, 9.17) is 0 Å². The lowest BCUT2D eigenvalue weighted by atomic mass is 9.78. The average molecular weight is 348 g/mol. The van der Waals surface area contributed by atoms with Crippen LogP contribution in [0.1, 0.15) is 87.1 Å². The maximum absolute atomic E-state index is 13.3. The highest BCUT2D eigenvalue weighted by Crippen LogP contribution is 2.35. The number of rotatable bonds is 7. The van der Waals surface area contributed by atoms with Gasteiger partial charge >= 0.3 is 0 Å². The van der Waals surface area contributed by atoms with Gasteiger partial charge in [-0.1, -0.05) is 64.7 Å². The predicted molar refractivity (Wildman–Crippen MR) is 96.7 cm³/mol. The monoisotopic (exact) mass is 348 g/mol. The Hall–Kier alpha value is -1.25. The fourth-order valence-electron chi connectivity index (χ4n) is 4.84. The number of Topliss-reactive ketones (excluding diaryl/α,β-unsaturated/α-hetero) is 1. The van der Waals surface area contributed by atoms with E-state index in [0.717, 1.165) is 30.7 Å². The van der Waals surface area contributed by atoms with Crippen LogP contribution in [0.15, 0.2) is 12.1 Å². The summed E-state index contributed by atoms with van der Waals surface area (Å²) in [5.41, 5.74) is 1.08. The minimum Gasteiger partial charge on any atom is -0.294 e. The molecule has 1 aromatic rings. The van der Waals surface area contributed by atoms with Crippen LogP contribution < -0.4 is 0 Å². The van der Waals surface area contributed by atoms with Crippen molar-refractivity contribution in [3.05, 3.63) is 34.9 Å². The second-order valence-corrected chi connectivity index (χ2v) is 8.15. The fourth-order valence-corrected chi connectivity index (χ4v) is 4.84. The summed E-state index contributed by atoms with van der Waals surface area (Å²) < 4.78 is 26.7. The minimum absolute atomic E-state index is 0.00831. The van der Waals surface area contributed by atoms with Gasteiger partial charge in [0.15, 0.2) is 17.4 Å². The molecule has 3 heteroatoms. The summed E-state index contributed by atoms with van der Waals surface area (Å²) in [4.78, 5) is 12.4. The van der Waals surface area contributed by atoms with Crippen LogP contribution in [0.25, 0.3) is 0 Å². The van der Waals surface area contributed by atoms with E-state index in [-0.39, 0.29) is 11.7 Å². The lowest BCUT2D eigenvalue weighted by Crippen LogP contribution is -2.14. The van der Waals surface area contributed by atoms with Crippen molar-refractivity contribution in [1.29, 1.82) is 0 Å². The number of carbonyl (C=O) groups is 1. The molecule has 25 heavy (non-hydrogen) atoms. The first-order valence-electron chi connectivity index (χ1n) is 10.1. The van der Waals surface area contributed by atoms with Crippen molar-refractivity contribution in [3.8, 4) is 0 Å². The molecular formula is C22H30F2O. The van der Waals surface area contributed by atoms with Gasteiger partial charge in [0.05, 0.1) is 0 Å². The number of ketones is 1. The van der Waals surface area contributed by atoms with Gasteiger partial charge in [-0.15, -0.1) is 0 Å². The Morgan fingerprint density at radius 3 is 2.20 bits per heavy atom. The van der Waals surface area contributed by atoms with Crippen molar-refractivity contribution in [3.63, 3.8) is 0 Å². The summed E-state index contributed by atoms with van der Waals surface area (Å²) in [7, 11) is 0. The lowest BCUT2D eigenvalue weighted by Gasteiger charge is -2.28.